The Labute approximate surface area is 102 Å². The molecule has 0 saturated carbocycles. The second kappa shape index (κ2) is 5.04. The van der Waals surface area contributed by atoms with E-state index >= 15 is 0 Å². The van der Waals surface area contributed by atoms with Crippen molar-refractivity contribution in [2.24, 2.45) is 5.92 Å². The molecule has 1 heterocycles. The number of hydrogen-bond donors (Lipinski definition) is 1. The van der Waals surface area contributed by atoms with Crippen LogP contribution in [0.25, 0.3) is 0 Å². The molecule has 0 aromatic rings. The third-order valence-electron chi connectivity index (χ3n) is 2.59. The van der Waals surface area contributed by atoms with Crippen LogP contribution >= 0.6 is 0 Å². The van der Waals surface area contributed by atoms with E-state index in [1.807, 2.05) is 13.8 Å². The molecule has 1 saturated heterocycles. The number of carbonyl (C=O) groups excluding carboxylic acids is 2. The zero-order chi connectivity index (χ0) is 13.2. The molecule has 1 rings (SSSR count). The standard InChI is InChI=1S/C12H22N2O3/c1-8(2)9-6-13-7-10(15)14(9)11(16)17-12(3,4)5/h8-9,13H,6-7H2,1-5H3/t9-/m0/s1. The molecule has 0 spiro atoms. The largest absolute Gasteiger partial charge is 0.443 e. The number of ether oxygens (including phenoxy) is 1. The summed E-state index contributed by atoms with van der Waals surface area (Å²) in [7, 11) is 0. The molecular formula is C12H22N2O3. The minimum Gasteiger partial charge on any atom is -0.443 e. The smallest absolute Gasteiger partial charge is 0.417 e. The van der Waals surface area contributed by atoms with E-state index in [1.54, 1.807) is 20.8 Å². The third-order valence-corrected chi connectivity index (χ3v) is 2.59. The Balaban J connectivity index is 2.82. The van der Waals surface area contributed by atoms with Crippen molar-refractivity contribution >= 4 is 12.0 Å². The Kier molecular flexibility index (Phi) is 4.14. The lowest BCUT2D eigenvalue weighted by atomic mass is 10.0. The molecule has 5 nitrogen and oxygen atoms in total. The van der Waals surface area contributed by atoms with E-state index in [2.05, 4.69) is 5.32 Å². The first-order valence-corrected chi connectivity index (χ1v) is 5.98. The van der Waals surface area contributed by atoms with E-state index in [9.17, 15) is 9.59 Å². The summed E-state index contributed by atoms with van der Waals surface area (Å²) in [5.41, 5.74) is -0.580. The van der Waals surface area contributed by atoms with Crippen molar-refractivity contribution in [3.8, 4) is 0 Å². The zero-order valence-electron chi connectivity index (χ0n) is 11.2. The van der Waals surface area contributed by atoms with Gasteiger partial charge in [-0.15, -0.1) is 0 Å². The third kappa shape index (κ3) is 3.70. The lowest BCUT2D eigenvalue weighted by Crippen LogP contribution is -2.59. The van der Waals surface area contributed by atoms with E-state index in [1.165, 1.54) is 4.90 Å². The maximum Gasteiger partial charge on any atom is 0.417 e. The van der Waals surface area contributed by atoms with Crippen LogP contribution in [0.3, 0.4) is 0 Å². The average molecular weight is 242 g/mol. The maximum atomic E-state index is 12.0. The van der Waals surface area contributed by atoms with Gasteiger partial charge < -0.3 is 10.1 Å². The van der Waals surface area contributed by atoms with Crippen LogP contribution < -0.4 is 5.32 Å². The number of carbonyl (C=O) groups is 2. The van der Waals surface area contributed by atoms with Crippen molar-refractivity contribution in [3.63, 3.8) is 0 Å². The zero-order valence-corrected chi connectivity index (χ0v) is 11.2. The van der Waals surface area contributed by atoms with Crippen LogP contribution in [0.1, 0.15) is 34.6 Å². The first-order valence-electron chi connectivity index (χ1n) is 5.98. The highest BCUT2D eigenvalue weighted by Crippen LogP contribution is 2.18. The Morgan fingerprint density at radius 2 is 2.06 bits per heavy atom. The predicted molar refractivity (Wildman–Crippen MR) is 64.6 cm³/mol. The minimum atomic E-state index is -0.580. The number of hydrogen-bond acceptors (Lipinski definition) is 4. The van der Waals surface area contributed by atoms with Gasteiger partial charge in [0.1, 0.15) is 5.60 Å². The molecule has 1 N–H and O–H groups in total. The molecule has 1 atom stereocenters. The maximum absolute atomic E-state index is 12.0. The number of nitrogens with zero attached hydrogens (tertiary/aromatic N) is 1. The molecule has 2 amide bonds. The average Bonchev–Trinajstić information content (AvgIpc) is 2.13. The Hall–Kier alpha value is -1.10. The quantitative estimate of drug-likeness (QED) is 0.754. The van der Waals surface area contributed by atoms with Gasteiger partial charge in [0.15, 0.2) is 0 Å². The fourth-order valence-electron chi connectivity index (χ4n) is 1.77. The predicted octanol–water partition coefficient (Wildman–Crippen LogP) is 1.38. The van der Waals surface area contributed by atoms with Crippen LogP contribution in [0.2, 0.25) is 0 Å². The first kappa shape index (κ1) is 14.0. The summed E-state index contributed by atoms with van der Waals surface area (Å²) in [4.78, 5) is 25.0. The van der Waals surface area contributed by atoms with Crippen molar-refractivity contribution in [2.45, 2.75) is 46.3 Å². The highest BCUT2D eigenvalue weighted by atomic mass is 16.6. The van der Waals surface area contributed by atoms with Crippen LogP contribution in [0.4, 0.5) is 4.79 Å². The molecular weight excluding hydrogens is 220 g/mol. The van der Waals surface area contributed by atoms with Gasteiger partial charge in [-0.05, 0) is 26.7 Å². The summed E-state index contributed by atoms with van der Waals surface area (Å²) in [6, 6.07) is -0.133. The molecule has 0 bridgehead atoms. The van der Waals surface area contributed by atoms with Gasteiger partial charge in [0.25, 0.3) is 0 Å². The summed E-state index contributed by atoms with van der Waals surface area (Å²) < 4.78 is 5.27. The molecule has 0 radical (unpaired) electrons. The van der Waals surface area contributed by atoms with E-state index in [0.717, 1.165) is 0 Å². The number of amides is 2. The second-order valence-corrected chi connectivity index (χ2v) is 5.69. The monoisotopic (exact) mass is 242 g/mol. The fraction of sp³-hybridized carbons (Fsp3) is 0.833. The lowest BCUT2D eigenvalue weighted by Gasteiger charge is -2.37. The Morgan fingerprint density at radius 3 is 2.53 bits per heavy atom. The molecule has 1 aliphatic heterocycles. The Morgan fingerprint density at radius 1 is 1.47 bits per heavy atom. The highest BCUT2D eigenvalue weighted by molar-refractivity contribution is 5.94. The van der Waals surface area contributed by atoms with Crippen LogP contribution in [0.5, 0.6) is 0 Å². The van der Waals surface area contributed by atoms with Gasteiger partial charge in [-0.25, -0.2) is 9.69 Å². The normalized spacial score (nSPS) is 21.9. The Bertz CT molecular complexity index is 307. The van der Waals surface area contributed by atoms with Crippen molar-refractivity contribution in [1.29, 1.82) is 0 Å². The lowest BCUT2D eigenvalue weighted by molar-refractivity contribution is -0.134. The summed E-state index contributed by atoms with van der Waals surface area (Å²) >= 11 is 0. The first-order chi connectivity index (χ1) is 7.72. The van der Waals surface area contributed by atoms with Crippen molar-refractivity contribution < 1.29 is 14.3 Å². The number of imide groups is 1. The van der Waals surface area contributed by atoms with Crippen molar-refractivity contribution in [1.82, 2.24) is 10.2 Å². The number of nitrogens with one attached hydrogen (secondary N) is 1. The molecule has 5 heteroatoms. The summed E-state index contributed by atoms with van der Waals surface area (Å²) in [6.07, 6.45) is -0.539. The SMILES string of the molecule is CC(C)[C@@H]1CNCC(=O)N1C(=O)OC(C)(C)C. The van der Waals surface area contributed by atoms with Gasteiger partial charge in [-0.3, -0.25) is 4.79 Å². The number of piperazine rings is 1. The molecule has 0 aromatic carbocycles. The van der Waals surface area contributed by atoms with Gasteiger partial charge in [-0.1, -0.05) is 13.8 Å². The molecule has 1 aliphatic rings. The molecule has 17 heavy (non-hydrogen) atoms. The molecule has 98 valence electrons. The second-order valence-electron chi connectivity index (χ2n) is 5.69. The van der Waals surface area contributed by atoms with E-state index in [-0.39, 0.29) is 24.4 Å². The van der Waals surface area contributed by atoms with E-state index in [0.29, 0.717) is 6.54 Å². The number of rotatable bonds is 1. The van der Waals surface area contributed by atoms with Crippen LogP contribution in [0.15, 0.2) is 0 Å². The van der Waals surface area contributed by atoms with Gasteiger partial charge in [0.05, 0.1) is 12.6 Å². The van der Waals surface area contributed by atoms with Crippen molar-refractivity contribution in [2.75, 3.05) is 13.1 Å². The summed E-state index contributed by atoms with van der Waals surface area (Å²) in [5, 5.41) is 3.01. The van der Waals surface area contributed by atoms with Gasteiger partial charge in [0.2, 0.25) is 5.91 Å². The summed E-state index contributed by atoms with van der Waals surface area (Å²) in [5.74, 6) is -0.0107. The van der Waals surface area contributed by atoms with Crippen LogP contribution in [0, 0.1) is 5.92 Å². The van der Waals surface area contributed by atoms with Gasteiger partial charge in [-0.2, -0.15) is 0 Å². The highest BCUT2D eigenvalue weighted by Gasteiger charge is 2.37. The summed E-state index contributed by atoms with van der Waals surface area (Å²) in [6.45, 7) is 10.2. The molecule has 0 aliphatic carbocycles. The topological polar surface area (TPSA) is 58.6 Å². The van der Waals surface area contributed by atoms with Crippen LogP contribution in [-0.4, -0.2) is 41.6 Å². The molecule has 0 unspecified atom stereocenters. The van der Waals surface area contributed by atoms with E-state index < -0.39 is 11.7 Å². The molecule has 0 aromatic heterocycles. The van der Waals surface area contributed by atoms with Crippen molar-refractivity contribution in [3.05, 3.63) is 0 Å². The molecule has 1 fully saturated rings. The minimum absolute atomic E-state index is 0.133. The fourth-order valence-corrected chi connectivity index (χ4v) is 1.77. The van der Waals surface area contributed by atoms with Crippen LogP contribution in [-0.2, 0) is 9.53 Å². The van der Waals surface area contributed by atoms with E-state index in [4.69, 9.17) is 4.74 Å². The van der Waals surface area contributed by atoms with Gasteiger partial charge >= 0.3 is 6.09 Å². The van der Waals surface area contributed by atoms with Gasteiger partial charge in [0, 0.05) is 6.54 Å².